The maximum atomic E-state index is 12.0. The molecule has 120 valence electrons. The fraction of sp³-hybridized carbons (Fsp3) is 0.0526. The molecule has 3 aromatic rings. The summed E-state index contributed by atoms with van der Waals surface area (Å²) in [4.78, 5) is 12.0. The number of methoxy groups -OCH3 is 1. The van der Waals surface area contributed by atoms with Crippen molar-refractivity contribution in [1.82, 2.24) is 5.43 Å². The van der Waals surface area contributed by atoms with E-state index in [0.717, 1.165) is 10.8 Å². The first-order chi connectivity index (χ1) is 11.7. The fourth-order valence-corrected chi connectivity index (χ4v) is 2.34. The van der Waals surface area contributed by atoms with E-state index < -0.39 is 0 Å². The van der Waals surface area contributed by atoms with Gasteiger partial charge in [0, 0.05) is 16.5 Å². The van der Waals surface area contributed by atoms with Crippen LogP contribution in [0.1, 0.15) is 15.9 Å². The summed E-state index contributed by atoms with van der Waals surface area (Å²) in [7, 11) is 1.56. The minimum absolute atomic E-state index is 0.135. The number of carbonyl (C=O) groups excluding carboxylic acids is 1. The molecule has 3 aromatic carbocycles. The Bertz CT molecular complexity index is 902. The zero-order valence-corrected chi connectivity index (χ0v) is 13.1. The third kappa shape index (κ3) is 3.20. The maximum Gasteiger partial charge on any atom is 0.271 e. The van der Waals surface area contributed by atoms with E-state index >= 15 is 0 Å². The van der Waals surface area contributed by atoms with E-state index in [9.17, 15) is 9.90 Å². The number of phenolic OH excluding ortho intramolecular Hbond substituents is 1. The second-order valence-corrected chi connectivity index (χ2v) is 5.15. The molecule has 1 amide bonds. The van der Waals surface area contributed by atoms with Gasteiger partial charge in [0.15, 0.2) is 0 Å². The first kappa shape index (κ1) is 15.6. The third-order valence-electron chi connectivity index (χ3n) is 3.65. The second kappa shape index (κ2) is 6.83. The van der Waals surface area contributed by atoms with E-state index in [1.807, 2.05) is 30.3 Å². The van der Waals surface area contributed by atoms with Crippen molar-refractivity contribution in [3.8, 4) is 11.5 Å². The molecule has 3 rings (SSSR count). The Morgan fingerprint density at radius 3 is 2.58 bits per heavy atom. The number of amides is 1. The molecule has 0 spiro atoms. The van der Waals surface area contributed by atoms with Crippen molar-refractivity contribution in [1.29, 1.82) is 0 Å². The van der Waals surface area contributed by atoms with Crippen LogP contribution in [0.4, 0.5) is 0 Å². The molecule has 0 bridgehead atoms. The molecule has 0 aliphatic rings. The van der Waals surface area contributed by atoms with Gasteiger partial charge in [-0.3, -0.25) is 4.79 Å². The van der Waals surface area contributed by atoms with Gasteiger partial charge in [-0.15, -0.1) is 0 Å². The van der Waals surface area contributed by atoms with E-state index in [4.69, 9.17) is 4.74 Å². The monoisotopic (exact) mass is 320 g/mol. The highest BCUT2D eigenvalue weighted by atomic mass is 16.5. The van der Waals surface area contributed by atoms with Crippen LogP contribution in [0.25, 0.3) is 10.8 Å². The van der Waals surface area contributed by atoms with Crippen LogP contribution < -0.4 is 10.2 Å². The molecule has 0 unspecified atom stereocenters. The van der Waals surface area contributed by atoms with Gasteiger partial charge >= 0.3 is 0 Å². The number of benzene rings is 3. The fourth-order valence-electron chi connectivity index (χ4n) is 2.34. The van der Waals surface area contributed by atoms with Crippen LogP contribution in [-0.4, -0.2) is 24.3 Å². The molecule has 0 saturated carbocycles. The van der Waals surface area contributed by atoms with Crippen molar-refractivity contribution in [2.75, 3.05) is 7.11 Å². The standard InChI is InChI=1S/C19H16N2O3/c1-24-16-10-8-14(9-11-16)19(23)21-20-12-15-7-6-13-4-2-3-5-17(13)18(15)22/h2-12,22H,1H3,(H,21,23). The maximum absolute atomic E-state index is 12.0. The van der Waals surface area contributed by atoms with Gasteiger partial charge in [-0.05, 0) is 35.7 Å². The predicted octanol–water partition coefficient (Wildman–Crippen LogP) is 3.32. The van der Waals surface area contributed by atoms with Gasteiger partial charge < -0.3 is 9.84 Å². The second-order valence-electron chi connectivity index (χ2n) is 5.15. The Hall–Kier alpha value is -3.34. The van der Waals surface area contributed by atoms with Gasteiger partial charge in [-0.2, -0.15) is 5.10 Å². The molecular formula is C19H16N2O3. The van der Waals surface area contributed by atoms with Crippen molar-refractivity contribution in [3.63, 3.8) is 0 Å². The molecule has 0 radical (unpaired) electrons. The summed E-state index contributed by atoms with van der Waals surface area (Å²) >= 11 is 0. The number of fused-ring (bicyclic) bond motifs is 1. The van der Waals surface area contributed by atoms with Crippen molar-refractivity contribution in [2.45, 2.75) is 0 Å². The first-order valence-electron chi connectivity index (χ1n) is 7.37. The number of hydrogen-bond donors (Lipinski definition) is 2. The van der Waals surface area contributed by atoms with Crippen LogP contribution in [-0.2, 0) is 0 Å². The van der Waals surface area contributed by atoms with Crippen molar-refractivity contribution >= 4 is 22.9 Å². The number of hydrazone groups is 1. The van der Waals surface area contributed by atoms with Crippen LogP contribution in [0.5, 0.6) is 11.5 Å². The number of aromatic hydroxyl groups is 1. The van der Waals surface area contributed by atoms with Crippen molar-refractivity contribution < 1.29 is 14.6 Å². The zero-order chi connectivity index (χ0) is 16.9. The normalized spacial score (nSPS) is 10.9. The van der Waals surface area contributed by atoms with Gasteiger partial charge in [0.2, 0.25) is 0 Å². The highest BCUT2D eigenvalue weighted by Gasteiger charge is 2.06. The van der Waals surface area contributed by atoms with Gasteiger partial charge in [-0.25, -0.2) is 5.43 Å². The average molecular weight is 320 g/mol. The summed E-state index contributed by atoms with van der Waals surface area (Å²) in [5.74, 6) is 0.473. The number of hydrogen-bond acceptors (Lipinski definition) is 4. The summed E-state index contributed by atoms with van der Waals surface area (Å²) < 4.78 is 5.05. The average Bonchev–Trinajstić information content (AvgIpc) is 2.64. The minimum Gasteiger partial charge on any atom is -0.507 e. The van der Waals surface area contributed by atoms with E-state index in [1.54, 1.807) is 37.4 Å². The molecule has 2 N–H and O–H groups in total. The molecular weight excluding hydrogens is 304 g/mol. The highest BCUT2D eigenvalue weighted by Crippen LogP contribution is 2.27. The Morgan fingerprint density at radius 2 is 1.83 bits per heavy atom. The molecule has 5 heteroatoms. The summed E-state index contributed by atoms with van der Waals surface area (Å²) in [5.41, 5.74) is 3.44. The molecule has 0 fully saturated rings. The SMILES string of the molecule is COc1ccc(C(=O)NN=Cc2ccc3ccccc3c2O)cc1. The Morgan fingerprint density at radius 1 is 1.08 bits per heavy atom. The number of ether oxygens (including phenoxy) is 1. The smallest absolute Gasteiger partial charge is 0.271 e. The predicted molar refractivity (Wildman–Crippen MR) is 93.7 cm³/mol. The molecule has 24 heavy (non-hydrogen) atoms. The topological polar surface area (TPSA) is 70.9 Å². The Labute approximate surface area is 139 Å². The molecule has 0 aliphatic heterocycles. The molecule has 0 aromatic heterocycles. The number of carbonyl (C=O) groups is 1. The highest BCUT2D eigenvalue weighted by molar-refractivity contribution is 5.98. The minimum atomic E-state index is -0.339. The Balaban J connectivity index is 1.74. The summed E-state index contributed by atoms with van der Waals surface area (Å²) in [5, 5.41) is 15.9. The molecule has 0 heterocycles. The lowest BCUT2D eigenvalue weighted by Crippen LogP contribution is -2.17. The number of rotatable bonds is 4. The van der Waals surface area contributed by atoms with Gasteiger partial charge in [0.25, 0.3) is 5.91 Å². The van der Waals surface area contributed by atoms with E-state index in [0.29, 0.717) is 16.9 Å². The number of nitrogens with one attached hydrogen (secondary N) is 1. The van der Waals surface area contributed by atoms with Gasteiger partial charge in [0.1, 0.15) is 11.5 Å². The van der Waals surface area contributed by atoms with Gasteiger partial charge in [-0.1, -0.05) is 30.3 Å². The zero-order valence-electron chi connectivity index (χ0n) is 13.1. The van der Waals surface area contributed by atoms with Crippen LogP contribution >= 0.6 is 0 Å². The van der Waals surface area contributed by atoms with E-state index in [1.165, 1.54) is 6.21 Å². The lowest BCUT2D eigenvalue weighted by Gasteiger charge is -2.04. The lowest BCUT2D eigenvalue weighted by atomic mass is 10.1. The van der Waals surface area contributed by atoms with Crippen LogP contribution in [0.15, 0.2) is 65.8 Å². The largest absolute Gasteiger partial charge is 0.507 e. The van der Waals surface area contributed by atoms with E-state index in [2.05, 4.69) is 10.5 Å². The number of nitrogens with zero attached hydrogens (tertiary/aromatic N) is 1. The van der Waals surface area contributed by atoms with Crippen LogP contribution in [0.3, 0.4) is 0 Å². The van der Waals surface area contributed by atoms with Crippen molar-refractivity contribution in [2.24, 2.45) is 5.10 Å². The molecule has 5 nitrogen and oxygen atoms in total. The third-order valence-corrected chi connectivity index (χ3v) is 3.65. The Kier molecular flexibility index (Phi) is 4.43. The first-order valence-corrected chi connectivity index (χ1v) is 7.37. The summed E-state index contributed by atoms with van der Waals surface area (Å²) in [6.45, 7) is 0. The quantitative estimate of drug-likeness (QED) is 0.572. The van der Waals surface area contributed by atoms with E-state index in [-0.39, 0.29) is 11.7 Å². The molecule has 0 saturated heterocycles. The molecule has 0 atom stereocenters. The summed E-state index contributed by atoms with van der Waals surface area (Å²) in [6, 6.07) is 17.9. The van der Waals surface area contributed by atoms with Crippen LogP contribution in [0, 0.1) is 0 Å². The van der Waals surface area contributed by atoms with Crippen molar-refractivity contribution in [3.05, 3.63) is 71.8 Å². The lowest BCUT2D eigenvalue weighted by molar-refractivity contribution is 0.0955. The van der Waals surface area contributed by atoms with Crippen LogP contribution in [0.2, 0.25) is 0 Å². The van der Waals surface area contributed by atoms with Gasteiger partial charge in [0.05, 0.1) is 13.3 Å². The number of phenols is 1. The summed E-state index contributed by atoms with van der Waals surface area (Å²) in [6.07, 6.45) is 1.42. The molecule has 0 aliphatic carbocycles.